The molecule has 2 aliphatic rings. The summed E-state index contributed by atoms with van der Waals surface area (Å²) in [5.74, 6) is -1.07. The minimum atomic E-state index is -0.868. The molecule has 0 unspecified atom stereocenters. The summed E-state index contributed by atoms with van der Waals surface area (Å²) >= 11 is 0. The Labute approximate surface area is 224 Å². The second-order valence-electron chi connectivity index (χ2n) is 11.4. The largest absolute Gasteiger partial charge is 0.391 e. The fraction of sp³-hybridized carbons (Fsp3) is 0.552. The first-order valence-corrected chi connectivity index (χ1v) is 13.5. The average Bonchev–Trinajstić information content (AvgIpc) is 3.30. The fourth-order valence-corrected chi connectivity index (χ4v) is 5.13. The summed E-state index contributed by atoms with van der Waals surface area (Å²) in [6, 6.07) is 12.3. The molecule has 2 fully saturated rings. The number of ether oxygens (including phenoxy) is 1. The highest BCUT2D eigenvalue weighted by atomic mass is 16.5. The topological polar surface area (TPSA) is 120 Å². The van der Waals surface area contributed by atoms with E-state index in [4.69, 9.17) is 4.74 Å². The number of likely N-dealkylation sites (tertiary alicyclic amines) is 1. The smallest absolute Gasteiger partial charge is 0.246 e. The monoisotopic (exact) mass is 524 g/mol. The highest BCUT2D eigenvalue weighted by molar-refractivity contribution is 5.93. The molecule has 2 aromatic rings. The third-order valence-corrected chi connectivity index (χ3v) is 7.30. The van der Waals surface area contributed by atoms with Crippen LogP contribution in [0.5, 0.6) is 0 Å². The zero-order valence-electron chi connectivity index (χ0n) is 22.5. The van der Waals surface area contributed by atoms with Crippen molar-refractivity contribution in [1.29, 1.82) is 0 Å². The van der Waals surface area contributed by atoms with E-state index in [9.17, 15) is 19.5 Å². The van der Waals surface area contributed by atoms with Crippen molar-refractivity contribution in [3.05, 3.63) is 48.0 Å². The molecule has 9 nitrogen and oxygen atoms in total. The van der Waals surface area contributed by atoms with Crippen molar-refractivity contribution in [2.75, 3.05) is 26.2 Å². The lowest BCUT2D eigenvalue weighted by atomic mass is 9.85. The third-order valence-electron chi connectivity index (χ3n) is 7.30. The van der Waals surface area contributed by atoms with Crippen LogP contribution in [0.15, 0.2) is 42.5 Å². The van der Waals surface area contributed by atoms with E-state index in [0.717, 1.165) is 42.3 Å². The van der Waals surface area contributed by atoms with Gasteiger partial charge in [-0.15, -0.1) is 0 Å². The Kier molecular flexibility index (Phi) is 9.02. The van der Waals surface area contributed by atoms with Crippen LogP contribution < -0.4 is 16.0 Å². The van der Waals surface area contributed by atoms with E-state index >= 15 is 0 Å². The summed E-state index contributed by atoms with van der Waals surface area (Å²) in [6.45, 7) is 7.55. The van der Waals surface area contributed by atoms with Crippen molar-refractivity contribution in [3.8, 4) is 0 Å². The number of carbonyl (C=O) groups excluding carboxylic acids is 3. The van der Waals surface area contributed by atoms with Crippen LogP contribution in [0.3, 0.4) is 0 Å². The van der Waals surface area contributed by atoms with Gasteiger partial charge in [-0.1, -0.05) is 57.2 Å². The molecule has 4 rings (SSSR count). The Balaban J connectivity index is 1.39. The van der Waals surface area contributed by atoms with Gasteiger partial charge in [-0.3, -0.25) is 14.4 Å². The van der Waals surface area contributed by atoms with Crippen LogP contribution in [-0.2, 0) is 25.7 Å². The van der Waals surface area contributed by atoms with E-state index in [1.54, 1.807) is 0 Å². The summed E-state index contributed by atoms with van der Waals surface area (Å²) in [5.41, 5.74) is 0.336. The predicted molar refractivity (Wildman–Crippen MR) is 145 cm³/mol. The van der Waals surface area contributed by atoms with Crippen LogP contribution >= 0.6 is 0 Å². The van der Waals surface area contributed by atoms with Crippen molar-refractivity contribution in [3.63, 3.8) is 0 Å². The van der Waals surface area contributed by atoms with Crippen molar-refractivity contribution < 1.29 is 24.2 Å². The summed E-state index contributed by atoms with van der Waals surface area (Å²) in [6.07, 6.45) is 1.05. The van der Waals surface area contributed by atoms with Gasteiger partial charge in [-0.25, -0.2) is 0 Å². The van der Waals surface area contributed by atoms with Crippen LogP contribution in [0, 0.1) is 5.41 Å². The van der Waals surface area contributed by atoms with Crippen LogP contribution in [0.1, 0.15) is 45.6 Å². The number of hydrogen-bond acceptors (Lipinski definition) is 6. The van der Waals surface area contributed by atoms with Gasteiger partial charge in [-0.2, -0.15) is 0 Å². The zero-order chi connectivity index (χ0) is 27.3. The quantitative estimate of drug-likeness (QED) is 0.418. The van der Waals surface area contributed by atoms with Gasteiger partial charge in [0.05, 0.1) is 12.2 Å². The summed E-state index contributed by atoms with van der Waals surface area (Å²) in [4.78, 5) is 41.0. The lowest BCUT2D eigenvalue weighted by Crippen LogP contribution is -2.58. The van der Waals surface area contributed by atoms with Gasteiger partial charge in [0.1, 0.15) is 18.7 Å². The van der Waals surface area contributed by atoms with Gasteiger partial charge >= 0.3 is 0 Å². The molecule has 0 bridgehead atoms. The maximum atomic E-state index is 13.7. The number of benzene rings is 2. The molecule has 0 saturated carbocycles. The number of nitrogens with zero attached hydrogens (tertiary/aromatic N) is 1. The number of carbonyl (C=O) groups is 3. The molecular weight excluding hydrogens is 484 g/mol. The molecule has 38 heavy (non-hydrogen) atoms. The van der Waals surface area contributed by atoms with E-state index in [2.05, 4.69) is 16.0 Å². The highest BCUT2D eigenvalue weighted by Crippen LogP contribution is 2.26. The molecule has 3 amide bonds. The number of hydrogen-bond donors (Lipinski definition) is 4. The minimum absolute atomic E-state index is 0.0233. The Hall–Kier alpha value is -3.01. The van der Waals surface area contributed by atoms with Crippen LogP contribution in [0.4, 0.5) is 0 Å². The van der Waals surface area contributed by atoms with Crippen LogP contribution in [0.2, 0.25) is 0 Å². The van der Waals surface area contributed by atoms with Crippen molar-refractivity contribution >= 4 is 28.5 Å². The van der Waals surface area contributed by atoms with Gasteiger partial charge < -0.3 is 30.7 Å². The van der Waals surface area contributed by atoms with E-state index < -0.39 is 23.6 Å². The molecule has 2 aliphatic heterocycles. The summed E-state index contributed by atoms with van der Waals surface area (Å²) in [5, 5.41) is 21.6. The van der Waals surface area contributed by atoms with Gasteiger partial charge in [0, 0.05) is 19.5 Å². The SMILES string of the molecule is CC(C)(C)[C@H](NC(=O)COC1CCNCC1)C(=O)N1C[C@H](O)C[C@H]1C(=O)NCc1ccc2ccccc2c1. The fourth-order valence-electron chi connectivity index (χ4n) is 5.13. The number of amides is 3. The second-order valence-corrected chi connectivity index (χ2v) is 11.4. The Bertz CT molecular complexity index is 1140. The first-order valence-electron chi connectivity index (χ1n) is 13.5. The Morgan fingerprint density at radius 3 is 2.53 bits per heavy atom. The zero-order valence-corrected chi connectivity index (χ0v) is 22.5. The first-order chi connectivity index (χ1) is 18.1. The summed E-state index contributed by atoms with van der Waals surface area (Å²) in [7, 11) is 0. The third kappa shape index (κ3) is 7.09. The minimum Gasteiger partial charge on any atom is -0.391 e. The predicted octanol–water partition coefficient (Wildman–Crippen LogP) is 1.72. The molecule has 0 radical (unpaired) electrons. The van der Waals surface area contributed by atoms with Crippen molar-refractivity contribution in [2.24, 2.45) is 5.41 Å². The first kappa shape index (κ1) is 28.0. The van der Waals surface area contributed by atoms with E-state index in [1.165, 1.54) is 4.90 Å². The van der Waals surface area contributed by atoms with Gasteiger partial charge in [0.25, 0.3) is 0 Å². The van der Waals surface area contributed by atoms with Crippen molar-refractivity contribution in [2.45, 2.75) is 70.9 Å². The molecule has 2 aromatic carbocycles. The number of nitrogens with one attached hydrogen (secondary N) is 3. The summed E-state index contributed by atoms with van der Waals surface area (Å²) < 4.78 is 5.76. The highest BCUT2D eigenvalue weighted by Gasteiger charge is 2.44. The molecule has 9 heteroatoms. The Morgan fingerprint density at radius 2 is 1.82 bits per heavy atom. The van der Waals surface area contributed by atoms with Crippen LogP contribution in [-0.4, -0.2) is 78.3 Å². The number of fused-ring (bicyclic) bond motifs is 1. The lowest BCUT2D eigenvalue weighted by Gasteiger charge is -2.35. The normalized spacial score (nSPS) is 21.3. The van der Waals surface area contributed by atoms with E-state index in [1.807, 2.05) is 63.2 Å². The molecule has 3 atom stereocenters. The molecule has 206 valence electrons. The average molecular weight is 525 g/mol. The maximum Gasteiger partial charge on any atom is 0.246 e. The van der Waals surface area contributed by atoms with Gasteiger partial charge in [-0.05, 0) is 53.7 Å². The molecule has 0 spiro atoms. The molecule has 0 aromatic heterocycles. The molecule has 2 heterocycles. The Morgan fingerprint density at radius 1 is 1.11 bits per heavy atom. The molecule has 4 N–H and O–H groups in total. The van der Waals surface area contributed by atoms with Crippen LogP contribution in [0.25, 0.3) is 10.8 Å². The lowest BCUT2D eigenvalue weighted by molar-refractivity contribution is -0.145. The van der Waals surface area contributed by atoms with Gasteiger partial charge in [0.2, 0.25) is 17.7 Å². The van der Waals surface area contributed by atoms with E-state index in [0.29, 0.717) is 6.54 Å². The number of aliphatic hydroxyl groups is 1. The molecular formula is C29H40N4O5. The van der Waals surface area contributed by atoms with Gasteiger partial charge in [0.15, 0.2) is 0 Å². The number of rotatable bonds is 8. The number of β-amino-alcohol motifs (C(OH)–C–C–N with tert-alkyl or cyclic N) is 1. The second kappa shape index (κ2) is 12.2. The standard InChI is InChI=1S/C29H40N4O5/c1-29(2,3)26(32-25(35)18-38-23-10-12-30-13-11-23)28(37)33-17-22(34)15-24(33)27(36)31-16-19-8-9-20-6-4-5-7-21(20)14-19/h4-9,14,22-24,26,30,34H,10-13,15-18H2,1-3H3,(H,31,36)(H,32,35)/t22-,24+,26-/m1/s1. The molecule has 2 saturated heterocycles. The number of aliphatic hydroxyl groups excluding tert-OH is 1. The number of piperidine rings is 1. The van der Waals surface area contributed by atoms with Crippen molar-refractivity contribution in [1.82, 2.24) is 20.9 Å². The van der Waals surface area contributed by atoms with E-state index in [-0.39, 0.29) is 43.4 Å². The molecule has 0 aliphatic carbocycles. The maximum absolute atomic E-state index is 13.7.